The van der Waals surface area contributed by atoms with Crippen molar-refractivity contribution in [3.63, 3.8) is 0 Å². The molecule has 124 valence electrons. The Morgan fingerprint density at radius 3 is 1.91 bits per heavy atom. The van der Waals surface area contributed by atoms with Gasteiger partial charge in [0.2, 0.25) is 5.91 Å². The Morgan fingerprint density at radius 1 is 1.27 bits per heavy atom. The largest absolute Gasteiger partial charge is 2.00 e. The zero-order valence-electron chi connectivity index (χ0n) is 11.8. The third-order valence-corrected chi connectivity index (χ3v) is 2.44. The van der Waals surface area contributed by atoms with E-state index in [2.05, 4.69) is 30.7 Å². The molecule has 22 heavy (non-hydrogen) atoms. The zero-order chi connectivity index (χ0) is 15.6. The molecule has 0 bridgehead atoms. The molecule has 0 saturated heterocycles. The molecule has 0 spiro atoms. The van der Waals surface area contributed by atoms with Gasteiger partial charge >= 0.3 is 27.0 Å². The standard InChI is InChI=1S/C9H15N2O5S.CHO.V.W.Y/c1-4-6(11-17(3,15)16)8(12)10-7(5-2)9(13)14;1-2;;;/h6-7H,1-2,4-5H2,3H3,(H,10,12)(H,13,14);1H;;;/q-3;-1;;+2;/t6-,7-;;;;/m0..../s1. The molecule has 0 unspecified atom stereocenters. The van der Waals surface area contributed by atoms with E-state index in [-0.39, 0.29) is 85.2 Å². The molecule has 2 atom stereocenters. The Bertz CT molecular complexity index is 412. The van der Waals surface area contributed by atoms with Gasteiger partial charge in [0.1, 0.15) is 0 Å². The van der Waals surface area contributed by atoms with Crippen molar-refractivity contribution in [2.75, 3.05) is 6.26 Å². The Labute approximate surface area is 182 Å². The van der Waals surface area contributed by atoms with Gasteiger partial charge in [0.25, 0.3) is 0 Å². The average molecular weight is 616 g/mol. The maximum absolute atomic E-state index is 11.5. The molecule has 0 aromatic carbocycles. The molecule has 0 aliphatic heterocycles. The number of nitrogens with zero attached hydrogens (tertiary/aromatic N) is 1. The van der Waals surface area contributed by atoms with Crippen LogP contribution >= 0.6 is 0 Å². The molecule has 12 heteroatoms. The molecular formula is C10H16N2O6SVWY-2. The smallest absolute Gasteiger partial charge is 0.545 e. The van der Waals surface area contributed by atoms with Crippen molar-refractivity contribution in [2.24, 2.45) is 0 Å². The van der Waals surface area contributed by atoms with Gasteiger partial charge in [-0.15, -0.1) is 0 Å². The van der Waals surface area contributed by atoms with E-state index >= 15 is 0 Å². The second kappa shape index (κ2) is 18.2. The van der Waals surface area contributed by atoms with Crippen molar-refractivity contribution < 1.29 is 100 Å². The molecule has 1 amide bonds. The number of hydrogen-bond donors (Lipinski definition) is 2. The number of carbonyl (C=O) groups is 2. The SMILES string of the molecule is [CH-]=O.[CH2-]C[C@H]([N-]S(C)(=O)=O)C(=O)N[C@@H](C[CH2-])C(=O)O.[V].[W+2].[Y]. The van der Waals surface area contributed by atoms with E-state index in [4.69, 9.17) is 9.90 Å². The summed E-state index contributed by atoms with van der Waals surface area (Å²) < 4.78 is 25.0. The van der Waals surface area contributed by atoms with E-state index in [1.54, 1.807) is 0 Å². The van der Waals surface area contributed by atoms with E-state index in [1.807, 2.05) is 0 Å². The van der Waals surface area contributed by atoms with Gasteiger partial charge in [0.15, 0.2) is 0 Å². The summed E-state index contributed by atoms with van der Waals surface area (Å²) in [6.07, 6.45) is 0.713. The van der Waals surface area contributed by atoms with Crippen molar-refractivity contribution in [3.05, 3.63) is 18.6 Å². The maximum Gasteiger partial charge on any atom is 2.00 e. The monoisotopic (exact) mass is 616 g/mol. The van der Waals surface area contributed by atoms with Crippen LogP contribution in [0.1, 0.15) is 12.8 Å². The van der Waals surface area contributed by atoms with Gasteiger partial charge in [-0.1, -0.05) is 6.04 Å². The Balaban J connectivity index is -0.000000184. The number of sulfonamides is 1. The third kappa shape index (κ3) is 17.3. The van der Waals surface area contributed by atoms with Crippen LogP contribution in [0.2, 0.25) is 0 Å². The first-order chi connectivity index (χ1) is 8.71. The molecule has 2 N–H and O–H groups in total. The van der Waals surface area contributed by atoms with E-state index in [0.29, 0.717) is 0 Å². The molecule has 8 nitrogen and oxygen atoms in total. The molecule has 0 fully saturated rings. The van der Waals surface area contributed by atoms with Crippen molar-refractivity contribution in [3.8, 4) is 0 Å². The Morgan fingerprint density at radius 2 is 1.68 bits per heavy atom. The van der Waals surface area contributed by atoms with Crippen molar-refractivity contribution in [1.29, 1.82) is 0 Å². The van der Waals surface area contributed by atoms with Crippen LogP contribution in [0, 0.1) is 13.8 Å². The van der Waals surface area contributed by atoms with Gasteiger partial charge in [0.05, 0.1) is 16.1 Å². The van der Waals surface area contributed by atoms with E-state index in [1.165, 1.54) is 0 Å². The molecule has 0 aliphatic carbocycles. The topological polar surface area (TPSA) is 132 Å². The van der Waals surface area contributed by atoms with Crippen LogP contribution in [-0.2, 0) is 96.7 Å². The van der Waals surface area contributed by atoms with Crippen LogP contribution in [0.3, 0.4) is 0 Å². The summed E-state index contributed by atoms with van der Waals surface area (Å²) in [5.41, 5.74) is 0. The molecule has 2 radical (unpaired) electrons. The first kappa shape index (κ1) is 34.3. The fourth-order valence-corrected chi connectivity index (χ4v) is 1.65. The molecule has 0 rings (SSSR count). The number of carbonyl (C=O) groups excluding carboxylic acids is 2. The summed E-state index contributed by atoms with van der Waals surface area (Å²) in [7, 11) is -3.68. The molecule has 0 heterocycles. The minimum atomic E-state index is -3.68. The molecule has 0 saturated carbocycles. The summed E-state index contributed by atoms with van der Waals surface area (Å²) in [4.78, 5) is 29.9. The summed E-state index contributed by atoms with van der Waals surface area (Å²) in [5, 5.41) is 10.8. The van der Waals surface area contributed by atoms with Crippen LogP contribution in [0.15, 0.2) is 0 Å². The van der Waals surface area contributed by atoms with E-state index < -0.39 is 34.0 Å². The summed E-state index contributed by atoms with van der Waals surface area (Å²) in [6.45, 7) is 10.00. The van der Waals surface area contributed by atoms with Gasteiger partial charge in [-0.3, -0.25) is 16.4 Å². The fraction of sp³-hybridized carbons (Fsp3) is 0.500. The van der Waals surface area contributed by atoms with Gasteiger partial charge < -0.3 is 33.8 Å². The number of nitrogens with one attached hydrogen (secondary N) is 1. The van der Waals surface area contributed by atoms with Crippen LogP contribution in [-0.4, -0.2) is 50.5 Å². The van der Waals surface area contributed by atoms with Crippen LogP contribution in [0.4, 0.5) is 0 Å². The van der Waals surface area contributed by atoms with Crippen LogP contribution < -0.4 is 5.32 Å². The van der Waals surface area contributed by atoms with Crippen molar-refractivity contribution >= 4 is 28.7 Å². The Hall–Kier alpha value is 0.897. The first-order valence-corrected chi connectivity index (χ1v) is 6.83. The van der Waals surface area contributed by atoms with E-state index in [0.717, 1.165) is 6.26 Å². The molecule has 0 aromatic heterocycles. The second-order valence-electron chi connectivity index (χ2n) is 3.33. The van der Waals surface area contributed by atoms with Crippen LogP contribution in [0.5, 0.6) is 0 Å². The predicted molar refractivity (Wildman–Crippen MR) is 68.3 cm³/mol. The van der Waals surface area contributed by atoms with Gasteiger partial charge in [0, 0.05) is 57.5 Å². The molecule has 0 aromatic rings. The quantitative estimate of drug-likeness (QED) is 0.291. The minimum absolute atomic E-state index is 0. The number of hydrogen-bond acceptors (Lipinski definition) is 5. The van der Waals surface area contributed by atoms with Gasteiger partial charge in [-0.25, -0.2) is 8.42 Å². The molecular weight excluding hydrogens is 600 g/mol. The third-order valence-electron chi connectivity index (χ3n) is 1.80. The molecule has 0 aliphatic rings. The zero-order valence-corrected chi connectivity index (χ0v) is 19.8. The summed E-state index contributed by atoms with van der Waals surface area (Å²) in [6, 6.07) is -2.37. The van der Waals surface area contributed by atoms with Crippen LogP contribution in [0.25, 0.3) is 4.72 Å². The summed E-state index contributed by atoms with van der Waals surface area (Å²) in [5.74, 6) is -2.03. The number of carboxylic acid groups (broad SMARTS) is 1. The first-order valence-electron chi connectivity index (χ1n) is 4.98. The number of carboxylic acids is 1. The summed E-state index contributed by atoms with van der Waals surface area (Å²) >= 11 is 0. The number of rotatable bonds is 7. The second-order valence-corrected chi connectivity index (χ2v) is 5.01. The number of amides is 1. The maximum atomic E-state index is 11.5. The Kier molecular flexibility index (Phi) is 28.4. The predicted octanol–water partition coefficient (Wildman–Crippen LogP) is -0.576. The average Bonchev–Trinajstić information content (AvgIpc) is 2.33. The fourth-order valence-electron chi connectivity index (χ4n) is 0.988. The normalized spacial score (nSPS) is 11.8. The van der Waals surface area contributed by atoms with Gasteiger partial charge in [-0.2, -0.15) is 12.8 Å². The van der Waals surface area contributed by atoms with Crippen molar-refractivity contribution in [2.45, 2.75) is 24.9 Å². The number of aliphatic carboxylic acids is 1. The van der Waals surface area contributed by atoms with Crippen molar-refractivity contribution in [1.82, 2.24) is 5.32 Å². The van der Waals surface area contributed by atoms with E-state index in [9.17, 15) is 18.0 Å². The van der Waals surface area contributed by atoms with Gasteiger partial charge in [-0.05, 0) is 0 Å². The minimum Gasteiger partial charge on any atom is -0.545 e.